The van der Waals surface area contributed by atoms with Crippen LogP contribution in [0.25, 0.3) is 0 Å². The zero-order valence-corrected chi connectivity index (χ0v) is 14.4. The quantitative estimate of drug-likeness (QED) is 0.673. The summed E-state index contributed by atoms with van der Waals surface area (Å²) >= 11 is 1.68. The van der Waals surface area contributed by atoms with Crippen molar-refractivity contribution in [1.82, 2.24) is 4.98 Å². The molecular formula is C18H16N2O2S2. The fraction of sp³-hybridized carbons (Fsp3) is 0.0556. The maximum absolute atomic E-state index is 12.3. The number of benzene rings is 2. The first-order valence-electron chi connectivity index (χ1n) is 7.33. The average Bonchev–Trinajstić information content (AvgIpc) is 2.62. The number of anilines is 1. The van der Waals surface area contributed by atoms with E-state index in [4.69, 9.17) is 0 Å². The van der Waals surface area contributed by atoms with Crippen molar-refractivity contribution < 1.29 is 8.42 Å². The minimum absolute atomic E-state index is 0.250. The van der Waals surface area contributed by atoms with Crippen LogP contribution >= 0.6 is 11.8 Å². The van der Waals surface area contributed by atoms with E-state index in [0.717, 1.165) is 16.2 Å². The number of nitrogens with zero attached hydrogens (tertiary/aromatic N) is 1. The molecule has 0 bridgehead atoms. The minimum atomic E-state index is -3.55. The molecule has 2 aromatic carbocycles. The van der Waals surface area contributed by atoms with E-state index in [2.05, 4.69) is 9.71 Å². The summed E-state index contributed by atoms with van der Waals surface area (Å²) in [7, 11) is -3.55. The Balaban J connectivity index is 1.64. The summed E-state index contributed by atoms with van der Waals surface area (Å²) in [6.07, 6.45) is 3.59. The number of sulfonamides is 1. The number of hydrogen-bond donors (Lipinski definition) is 1. The molecule has 24 heavy (non-hydrogen) atoms. The van der Waals surface area contributed by atoms with Crippen LogP contribution in [0.15, 0.2) is 88.9 Å². The number of hydrogen-bond acceptors (Lipinski definition) is 4. The van der Waals surface area contributed by atoms with Crippen LogP contribution in [0, 0.1) is 0 Å². The van der Waals surface area contributed by atoms with Gasteiger partial charge in [-0.15, -0.1) is 11.8 Å². The Kier molecular flexibility index (Phi) is 5.17. The van der Waals surface area contributed by atoms with E-state index in [1.165, 1.54) is 0 Å². The van der Waals surface area contributed by atoms with Crippen molar-refractivity contribution >= 4 is 27.5 Å². The molecule has 0 saturated heterocycles. The highest BCUT2D eigenvalue weighted by molar-refractivity contribution is 7.98. The van der Waals surface area contributed by atoms with Crippen molar-refractivity contribution in [1.29, 1.82) is 0 Å². The molecule has 1 heterocycles. The highest BCUT2D eigenvalue weighted by Gasteiger charge is 2.13. The van der Waals surface area contributed by atoms with Crippen LogP contribution < -0.4 is 4.72 Å². The molecule has 4 nitrogen and oxygen atoms in total. The molecule has 1 N–H and O–H groups in total. The van der Waals surface area contributed by atoms with Crippen LogP contribution in [0.1, 0.15) is 5.56 Å². The van der Waals surface area contributed by atoms with Crippen molar-refractivity contribution in [2.24, 2.45) is 0 Å². The normalized spacial score (nSPS) is 11.2. The van der Waals surface area contributed by atoms with Gasteiger partial charge in [-0.25, -0.2) is 8.42 Å². The van der Waals surface area contributed by atoms with Crippen LogP contribution in [-0.2, 0) is 15.8 Å². The Bertz CT molecular complexity index is 881. The van der Waals surface area contributed by atoms with Crippen molar-refractivity contribution in [2.75, 3.05) is 4.72 Å². The molecular weight excluding hydrogens is 340 g/mol. The van der Waals surface area contributed by atoms with Crippen molar-refractivity contribution in [2.45, 2.75) is 15.5 Å². The predicted molar refractivity (Wildman–Crippen MR) is 97.5 cm³/mol. The second-order valence-corrected chi connectivity index (χ2v) is 7.82. The summed E-state index contributed by atoms with van der Waals surface area (Å²) in [6.45, 7) is 0. The van der Waals surface area contributed by atoms with E-state index in [-0.39, 0.29) is 4.90 Å². The molecule has 3 aromatic rings. The monoisotopic (exact) mass is 356 g/mol. The molecule has 0 fully saturated rings. The van der Waals surface area contributed by atoms with Gasteiger partial charge >= 0.3 is 0 Å². The van der Waals surface area contributed by atoms with Gasteiger partial charge in [-0.05, 0) is 48.0 Å². The zero-order chi connectivity index (χ0) is 16.8. The topological polar surface area (TPSA) is 59.1 Å². The number of pyridine rings is 1. The van der Waals surface area contributed by atoms with Gasteiger partial charge in [0.1, 0.15) is 0 Å². The summed E-state index contributed by atoms with van der Waals surface area (Å²) in [5.74, 6) is 0.822. The van der Waals surface area contributed by atoms with Gasteiger partial charge in [-0.1, -0.05) is 24.3 Å². The standard InChI is InChI=1S/C18H16N2O2S2/c21-24(22,18-6-2-1-3-7-18)20-16-8-10-17(11-9-16)23-14-15-5-4-12-19-13-15/h1-13,20H,14H2. The third-order valence-corrected chi connectivity index (χ3v) is 5.77. The fourth-order valence-electron chi connectivity index (χ4n) is 2.08. The van der Waals surface area contributed by atoms with E-state index >= 15 is 0 Å². The molecule has 0 radical (unpaired) electrons. The second-order valence-electron chi connectivity index (χ2n) is 5.09. The summed E-state index contributed by atoms with van der Waals surface area (Å²) in [5.41, 5.74) is 1.70. The lowest BCUT2D eigenvalue weighted by molar-refractivity contribution is 0.601. The van der Waals surface area contributed by atoms with Gasteiger partial charge in [0, 0.05) is 28.7 Å². The van der Waals surface area contributed by atoms with Crippen molar-refractivity contribution in [3.05, 3.63) is 84.7 Å². The Labute approximate surface area is 146 Å². The van der Waals surface area contributed by atoms with E-state index in [1.807, 2.05) is 30.5 Å². The third-order valence-electron chi connectivity index (χ3n) is 3.29. The van der Waals surface area contributed by atoms with Gasteiger partial charge in [0.05, 0.1) is 4.90 Å². The van der Waals surface area contributed by atoms with Gasteiger partial charge in [0.2, 0.25) is 0 Å². The van der Waals surface area contributed by atoms with Gasteiger partial charge in [0.15, 0.2) is 0 Å². The van der Waals surface area contributed by atoms with E-state index in [0.29, 0.717) is 5.69 Å². The SMILES string of the molecule is O=S(=O)(Nc1ccc(SCc2cccnc2)cc1)c1ccccc1. The first kappa shape index (κ1) is 16.5. The van der Waals surface area contributed by atoms with Crippen molar-refractivity contribution in [3.8, 4) is 0 Å². The zero-order valence-electron chi connectivity index (χ0n) is 12.8. The van der Waals surface area contributed by atoms with Crippen molar-refractivity contribution in [3.63, 3.8) is 0 Å². The Morgan fingerprint density at radius 3 is 2.33 bits per heavy atom. The second kappa shape index (κ2) is 7.51. The Hall–Kier alpha value is -2.31. The lowest BCUT2D eigenvalue weighted by Gasteiger charge is -2.09. The molecule has 1 aromatic heterocycles. The van der Waals surface area contributed by atoms with Crippen LogP contribution in [0.2, 0.25) is 0 Å². The minimum Gasteiger partial charge on any atom is -0.280 e. The van der Waals surface area contributed by atoms with E-state index in [1.54, 1.807) is 60.4 Å². The maximum atomic E-state index is 12.3. The first-order valence-corrected chi connectivity index (χ1v) is 9.80. The average molecular weight is 356 g/mol. The predicted octanol–water partition coefficient (Wildman–Crippen LogP) is 4.17. The summed E-state index contributed by atoms with van der Waals surface area (Å²) in [5, 5.41) is 0. The molecule has 0 aliphatic heterocycles. The lowest BCUT2D eigenvalue weighted by atomic mass is 10.3. The smallest absolute Gasteiger partial charge is 0.261 e. The molecule has 122 valence electrons. The Morgan fingerprint density at radius 1 is 0.917 bits per heavy atom. The molecule has 0 aliphatic rings. The molecule has 0 saturated carbocycles. The van der Waals surface area contributed by atoms with Crippen LogP contribution in [0.5, 0.6) is 0 Å². The third kappa shape index (κ3) is 4.37. The van der Waals surface area contributed by atoms with Gasteiger partial charge in [-0.2, -0.15) is 0 Å². The van der Waals surface area contributed by atoms with Gasteiger partial charge < -0.3 is 0 Å². The largest absolute Gasteiger partial charge is 0.280 e. The number of thioether (sulfide) groups is 1. The van der Waals surface area contributed by atoms with E-state index in [9.17, 15) is 8.42 Å². The highest BCUT2D eigenvalue weighted by Crippen LogP contribution is 2.24. The Morgan fingerprint density at radius 2 is 1.67 bits per heavy atom. The van der Waals surface area contributed by atoms with Crippen LogP contribution in [0.3, 0.4) is 0 Å². The van der Waals surface area contributed by atoms with Gasteiger partial charge in [0.25, 0.3) is 10.0 Å². The number of nitrogens with one attached hydrogen (secondary N) is 1. The summed E-state index contributed by atoms with van der Waals surface area (Å²) in [4.78, 5) is 5.41. The number of rotatable bonds is 6. The van der Waals surface area contributed by atoms with E-state index < -0.39 is 10.0 Å². The summed E-state index contributed by atoms with van der Waals surface area (Å²) < 4.78 is 27.1. The highest BCUT2D eigenvalue weighted by atomic mass is 32.2. The molecule has 3 rings (SSSR count). The molecule has 0 atom stereocenters. The molecule has 0 aliphatic carbocycles. The number of aromatic nitrogens is 1. The van der Waals surface area contributed by atoms with Crippen LogP contribution in [0.4, 0.5) is 5.69 Å². The lowest BCUT2D eigenvalue weighted by Crippen LogP contribution is -2.12. The maximum Gasteiger partial charge on any atom is 0.261 e. The molecule has 0 spiro atoms. The van der Waals surface area contributed by atoms with Crippen LogP contribution in [-0.4, -0.2) is 13.4 Å². The fourth-order valence-corrected chi connectivity index (χ4v) is 4.00. The molecule has 6 heteroatoms. The summed E-state index contributed by atoms with van der Waals surface area (Å²) in [6, 6.07) is 19.6. The molecule has 0 amide bonds. The first-order chi connectivity index (χ1) is 11.6. The van der Waals surface area contributed by atoms with Gasteiger partial charge in [-0.3, -0.25) is 9.71 Å². The molecule has 0 unspecified atom stereocenters.